The average molecular weight is 211 g/mol. The SMILES string of the molecule is CN(C)CC1CN(C2CC2)CC(C)(C)N1. The van der Waals surface area contributed by atoms with Crippen LogP contribution in [-0.2, 0) is 0 Å². The highest BCUT2D eigenvalue weighted by atomic mass is 15.3. The van der Waals surface area contributed by atoms with Gasteiger partial charge < -0.3 is 10.2 Å². The van der Waals surface area contributed by atoms with Crippen LogP contribution in [0.4, 0.5) is 0 Å². The van der Waals surface area contributed by atoms with Crippen molar-refractivity contribution < 1.29 is 0 Å². The minimum Gasteiger partial charge on any atom is -0.308 e. The van der Waals surface area contributed by atoms with E-state index in [0.717, 1.165) is 12.6 Å². The third-order valence-electron chi connectivity index (χ3n) is 3.30. The summed E-state index contributed by atoms with van der Waals surface area (Å²) >= 11 is 0. The second-order valence-corrected chi connectivity index (χ2v) is 6.15. The quantitative estimate of drug-likeness (QED) is 0.743. The molecule has 0 aromatic rings. The largest absolute Gasteiger partial charge is 0.308 e. The number of likely N-dealkylation sites (N-methyl/N-ethyl adjacent to an activating group) is 1. The molecule has 2 rings (SSSR count). The van der Waals surface area contributed by atoms with Crippen LogP contribution in [0.15, 0.2) is 0 Å². The van der Waals surface area contributed by atoms with E-state index in [4.69, 9.17) is 0 Å². The first-order chi connectivity index (χ1) is 6.96. The molecule has 3 heteroatoms. The van der Waals surface area contributed by atoms with Crippen molar-refractivity contribution in [3.63, 3.8) is 0 Å². The minimum atomic E-state index is 0.279. The smallest absolute Gasteiger partial charge is 0.0327 e. The van der Waals surface area contributed by atoms with Gasteiger partial charge in [0.05, 0.1) is 0 Å². The molecule has 1 unspecified atom stereocenters. The van der Waals surface area contributed by atoms with Gasteiger partial charge in [-0.3, -0.25) is 4.90 Å². The minimum absolute atomic E-state index is 0.279. The Labute approximate surface area is 93.8 Å². The van der Waals surface area contributed by atoms with Crippen LogP contribution in [0.2, 0.25) is 0 Å². The van der Waals surface area contributed by atoms with Crippen LogP contribution in [0.25, 0.3) is 0 Å². The lowest BCUT2D eigenvalue weighted by Crippen LogP contribution is -2.64. The molecule has 15 heavy (non-hydrogen) atoms. The van der Waals surface area contributed by atoms with Crippen molar-refractivity contribution in [2.75, 3.05) is 33.7 Å². The number of piperazine rings is 1. The van der Waals surface area contributed by atoms with E-state index in [1.165, 1.54) is 25.9 Å². The highest BCUT2D eigenvalue weighted by Gasteiger charge is 2.38. The maximum Gasteiger partial charge on any atom is 0.0327 e. The molecule has 0 spiro atoms. The Morgan fingerprint density at radius 3 is 2.53 bits per heavy atom. The van der Waals surface area contributed by atoms with E-state index in [-0.39, 0.29) is 5.54 Å². The van der Waals surface area contributed by atoms with Crippen LogP contribution in [0, 0.1) is 0 Å². The maximum absolute atomic E-state index is 3.75. The van der Waals surface area contributed by atoms with Crippen LogP contribution in [-0.4, -0.2) is 61.2 Å². The molecule has 0 aromatic heterocycles. The molecular weight excluding hydrogens is 186 g/mol. The average Bonchev–Trinajstić information content (AvgIpc) is 2.80. The molecule has 1 heterocycles. The maximum atomic E-state index is 3.75. The monoisotopic (exact) mass is 211 g/mol. The topological polar surface area (TPSA) is 18.5 Å². The summed E-state index contributed by atoms with van der Waals surface area (Å²) in [5, 5.41) is 3.75. The fourth-order valence-electron chi connectivity index (χ4n) is 2.76. The van der Waals surface area contributed by atoms with Crippen molar-refractivity contribution >= 4 is 0 Å². The van der Waals surface area contributed by atoms with Gasteiger partial charge in [-0.1, -0.05) is 0 Å². The summed E-state index contributed by atoms with van der Waals surface area (Å²) in [5.41, 5.74) is 0.279. The molecule has 1 aliphatic carbocycles. The van der Waals surface area contributed by atoms with Gasteiger partial charge in [0.2, 0.25) is 0 Å². The zero-order chi connectivity index (χ0) is 11.1. The Kier molecular flexibility index (Phi) is 3.06. The van der Waals surface area contributed by atoms with Gasteiger partial charge in [-0.05, 0) is 40.8 Å². The molecule has 0 radical (unpaired) electrons. The number of hydrogen-bond donors (Lipinski definition) is 1. The molecule has 1 atom stereocenters. The van der Waals surface area contributed by atoms with E-state index in [1.807, 2.05) is 0 Å². The predicted octanol–water partition coefficient (Wildman–Crippen LogP) is 0.763. The van der Waals surface area contributed by atoms with E-state index < -0.39 is 0 Å². The zero-order valence-electron chi connectivity index (χ0n) is 10.6. The van der Waals surface area contributed by atoms with E-state index in [0.29, 0.717) is 6.04 Å². The van der Waals surface area contributed by atoms with E-state index in [1.54, 1.807) is 0 Å². The van der Waals surface area contributed by atoms with E-state index >= 15 is 0 Å². The van der Waals surface area contributed by atoms with Crippen LogP contribution in [0.3, 0.4) is 0 Å². The summed E-state index contributed by atoms with van der Waals surface area (Å²) in [6, 6.07) is 1.53. The fourth-order valence-corrected chi connectivity index (χ4v) is 2.76. The third kappa shape index (κ3) is 3.16. The van der Waals surface area contributed by atoms with Gasteiger partial charge in [-0.25, -0.2) is 0 Å². The Bertz CT molecular complexity index is 221. The predicted molar refractivity (Wildman–Crippen MR) is 64.2 cm³/mol. The lowest BCUT2D eigenvalue weighted by Gasteiger charge is -2.44. The van der Waals surface area contributed by atoms with Crippen molar-refractivity contribution in [1.82, 2.24) is 15.1 Å². The third-order valence-corrected chi connectivity index (χ3v) is 3.30. The Hall–Kier alpha value is -0.120. The second-order valence-electron chi connectivity index (χ2n) is 6.15. The molecule has 0 aromatic carbocycles. The van der Waals surface area contributed by atoms with E-state index in [9.17, 15) is 0 Å². The molecule has 2 fully saturated rings. The van der Waals surface area contributed by atoms with Crippen molar-refractivity contribution in [3.8, 4) is 0 Å². The highest BCUT2D eigenvalue weighted by molar-refractivity contribution is 4.98. The number of rotatable bonds is 3. The number of nitrogens with zero attached hydrogens (tertiary/aromatic N) is 2. The summed E-state index contributed by atoms with van der Waals surface area (Å²) < 4.78 is 0. The summed E-state index contributed by atoms with van der Waals surface area (Å²) in [5.74, 6) is 0. The van der Waals surface area contributed by atoms with Gasteiger partial charge in [-0.15, -0.1) is 0 Å². The molecule has 2 aliphatic rings. The summed E-state index contributed by atoms with van der Waals surface area (Å²) in [4.78, 5) is 4.97. The first-order valence-electron chi connectivity index (χ1n) is 6.13. The van der Waals surface area contributed by atoms with Crippen molar-refractivity contribution in [1.29, 1.82) is 0 Å². The first kappa shape index (κ1) is 11.4. The van der Waals surface area contributed by atoms with Crippen molar-refractivity contribution in [2.24, 2.45) is 0 Å². The number of hydrogen-bond acceptors (Lipinski definition) is 3. The van der Waals surface area contributed by atoms with Crippen LogP contribution < -0.4 is 5.32 Å². The lowest BCUT2D eigenvalue weighted by atomic mass is 9.98. The standard InChI is InChI=1S/C12H25N3/c1-12(2)9-15(11-5-6-11)8-10(13-12)7-14(3)4/h10-11,13H,5-9H2,1-4H3. The molecule has 1 saturated carbocycles. The molecule has 88 valence electrons. The van der Waals surface area contributed by atoms with Crippen LogP contribution in [0.5, 0.6) is 0 Å². The van der Waals surface area contributed by atoms with Crippen LogP contribution in [0.1, 0.15) is 26.7 Å². The second kappa shape index (κ2) is 4.04. The molecule has 1 aliphatic heterocycles. The Balaban J connectivity index is 1.94. The normalized spacial score (nSPS) is 32.2. The van der Waals surface area contributed by atoms with Gasteiger partial charge in [0.25, 0.3) is 0 Å². The van der Waals surface area contributed by atoms with Gasteiger partial charge in [-0.2, -0.15) is 0 Å². The lowest BCUT2D eigenvalue weighted by molar-refractivity contribution is 0.0984. The Morgan fingerprint density at radius 2 is 2.00 bits per heavy atom. The summed E-state index contributed by atoms with van der Waals surface area (Å²) in [6.45, 7) is 8.23. The summed E-state index contributed by atoms with van der Waals surface area (Å²) in [6.07, 6.45) is 2.84. The van der Waals surface area contributed by atoms with Crippen molar-refractivity contribution in [3.05, 3.63) is 0 Å². The van der Waals surface area contributed by atoms with Gasteiger partial charge in [0.15, 0.2) is 0 Å². The summed E-state index contributed by atoms with van der Waals surface area (Å²) in [7, 11) is 4.31. The molecule has 1 saturated heterocycles. The zero-order valence-corrected chi connectivity index (χ0v) is 10.6. The van der Waals surface area contributed by atoms with Gasteiger partial charge >= 0.3 is 0 Å². The van der Waals surface area contributed by atoms with E-state index in [2.05, 4.69) is 43.1 Å². The Morgan fingerprint density at radius 1 is 1.33 bits per heavy atom. The molecule has 0 amide bonds. The van der Waals surface area contributed by atoms with Crippen LogP contribution >= 0.6 is 0 Å². The molecule has 3 nitrogen and oxygen atoms in total. The molecule has 0 bridgehead atoms. The molecule has 1 N–H and O–H groups in total. The number of nitrogens with one attached hydrogen (secondary N) is 1. The molecular formula is C12H25N3. The van der Waals surface area contributed by atoms with Gasteiger partial charge in [0, 0.05) is 37.3 Å². The van der Waals surface area contributed by atoms with Gasteiger partial charge in [0.1, 0.15) is 0 Å². The first-order valence-corrected chi connectivity index (χ1v) is 6.13. The fraction of sp³-hybridized carbons (Fsp3) is 1.00. The highest BCUT2D eigenvalue weighted by Crippen LogP contribution is 2.30. The van der Waals surface area contributed by atoms with Crippen molar-refractivity contribution in [2.45, 2.75) is 44.3 Å².